The van der Waals surface area contributed by atoms with Crippen LogP contribution in [0.3, 0.4) is 0 Å². The minimum atomic E-state index is -0.808. The maximum atomic E-state index is 13.1. The van der Waals surface area contributed by atoms with Crippen LogP contribution in [0.2, 0.25) is 0 Å². The summed E-state index contributed by atoms with van der Waals surface area (Å²) in [7, 11) is 0. The number of carbonyl (C=O) groups is 2. The van der Waals surface area contributed by atoms with Crippen LogP contribution >= 0.6 is 0 Å². The van der Waals surface area contributed by atoms with E-state index in [1.54, 1.807) is 12.1 Å². The average Bonchev–Trinajstić information content (AvgIpc) is 2.86. The second-order valence-electron chi connectivity index (χ2n) is 8.30. The van der Waals surface area contributed by atoms with E-state index in [1.807, 2.05) is 61.5 Å². The van der Waals surface area contributed by atoms with E-state index >= 15 is 0 Å². The van der Waals surface area contributed by atoms with Gasteiger partial charge in [-0.3, -0.25) is 9.59 Å². The normalized spacial score (nSPS) is 11.7. The van der Waals surface area contributed by atoms with Crippen LogP contribution in [0.5, 0.6) is 5.75 Å². The van der Waals surface area contributed by atoms with Crippen molar-refractivity contribution < 1.29 is 19.4 Å². The summed E-state index contributed by atoms with van der Waals surface area (Å²) in [5, 5.41) is 14.2. The van der Waals surface area contributed by atoms with Gasteiger partial charge in [0.05, 0.1) is 11.6 Å². The van der Waals surface area contributed by atoms with Gasteiger partial charge in [-0.2, -0.15) is 0 Å². The number of carbonyl (C=O) groups excluding carboxylic acids is 1. The number of aryl methyl sites for hydroxylation is 1. The van der Waals surface area contributed by atoms with E-state index < -0.39 is 5.97 Å². The fourth-order valence-corrected chi connectivity index (χ4v) is 3.83. The van der Waals surface area contributed by atoms with Crippen molar-refractivity contribution in [3.63, 3.8) is 0 Å². The number of hydrogen-bond donors (Lipinski definition) is 2. The lowest BCUT2D eigenvalue weighted by Crippen LogP contribution is -2.27. The smallest absolute Gasteiger partial charge is 0.303 e. The van der Waals surface area contributed by atoms with Crippen LogP contribution in [0, 0.1) is 0 Å². The molecule has 0 radical (unpaired) electrons. The molecule has 0 aliphatic heterocycles. The van der Waals surface area contributed by atoms with Gasteiger partial charge in [-0.1, -0.05) is 72.8 Å². The lowest BCUT2D eigenvalue weighted by atomic mass is 10.0. The number of carboxylic acid groups (broad SMARTS) is 1. The Bertz CT molecular complexity index is 1300. The summed E-state index contributed by atoms with van der Waals surface area (Å²) in [4.78, 5) is 23.8. The Balaban J connectivity index is 1.40. The summed E-state index contributed by atoms with van der Waals surface area (Å²) in [6.45, 7) is 2.28. The van der Waals surface area contributed by atoms with Crippen molar-refractivity contribution in [3.8, 4) is 5.75 Å². The third-order valence-corrected chi connectivity index (χ3v) is 5.80. The molecule has 0 aliphatic carbocycles. The molecule has 34 heavy (non-hydrogen) atoms. The predicted octanol–water partition coefficient (Wildman–Crippen LogP) is 5.93. The summed E-state index contributed by atoms with van der Waals surface area (Å²) in [6, 6.07) is 29.1. The highest BCUT2D eigenvalue weighted by Crippen LogP contribution is 2.23. The van der Waals surface area contributed by atoms with Gasteiger partial charge >= 0.3 is 5.97 Å². The molecule has 4 aromatic rings. The monoisotopic (exact) mass is 453 g/mol. The van der Waals surface area contributed by atoms with Crippen molar-refractivity contribution in [2.45, 2.75) is 32.4 Å². The standard InChI is InChI=1S/C29H27NO4/c1-20(24-16-15-23-6-2-3-7-25(23)18-24)30-29(33)26-8-4-5-9-27(26)34-19-22-12-10-21(11-13-22)14-17-28(31)32/h2-13,15-16,18,20H,14,17,19H2,1H3,(H,30,33)(H,31,32). The highest BCUT2D eigenvalue weighted by atomic mass is 16.5. The predicted molar refractivity (Wildman–Crippen MR) is 133 cm³/mol. The van der Waals surface area contributed by atoms with Gasteiger partial charge < -0.3 is 15.2 Å². The van der Waals surface area contributed by atoms with Crippen LogP contribution in [0.15, 0.2) is 91.0 Å². The molecule has 172 valence electrons. The lowest BCUT2D eigenvalue weighted by molar-refractivity contribution is -0.136. The van der Waals surface area contributed by atoms with E-state index in [9.17, 15) is 9.59 Å². The maximum Gasteiger partial charge on any atom is 0.303 e. The number of nitrogens with one attached hydrogen (secondary N) is 1. The molecule has 0 fully saturated rings. The Morgan fingerprint density at radius 1 is 0.853 bits per heavy atom. The number of amides is 1. The Morgan fingerprint density at radius 2 is 1.53 bits per heavy atom. The Labute approximate surface area is 199 Å². The third kappa shape index (κ3) is 5.81. The first kappa shape index (κ1) is 23.1. The number of aliphatic carboxylic acids is 1. The number of hydrogen-bond acceptors (Lipinski definition) is 3. The topological polar surface area (TPSA) is 75.6 Å². The fourth-order valence-electron chi connectivity index (χ4n) is 3.83. The van der Waals surface area contributed by atoms with Crippen LogP contribution in [-0.4, -0.2) is 17.0 Å². The van der Waals surface area contributed by atoms with E-state index in [-0.39, 0.29) is 18.4 Å². The largest absolute Gasteiger partial charge is 0.488 e. The van der Waals surface area contributed by atoms with E-state index in [1.165, 1.54) is 5.39 Å². The van der Waals surface area contributed by atoms with Gasteiger partial charge in [0, 0.05) is 6.42 Å². The van der Waals surface area contributed by atoms with Crippen molar-refractivity contribution in [1.29, 1.82) is 0 Å². The first-order valence-corrected chi connectivity index (χ1v) is 11.3. The van der Waals surface area contributed by atoms with Gasteiger partial charge in [-0.15, -0.1) is 0 Å². The molecule has 5 nitrogen and oxygen atoms in total. The van der Waals surface area contributed by atoms with Crippen molar-refractivity contribution >= 4 is 22.6 Å². The van der Waals surface area contributed by atoms with E-state index in [4.69, 9.17) is 9.84 Å². The number of rotatable bonds is 9. The van der Waals surface area contributed by atoms with Gasteiger partial charge in [-0.05, 0) is 59.0 Å². The molecule has 4 aromatic carbocycles. The lowest BCUT2D eigenvalue weighted by Gasteiger charge is -2.17. The van der Waals surface area contributed by atoms with Crippen LogP contribution in [0.1, 0.15) is 46.4 Å². The Morgan fingerprint density at radius 3 is 2.29 bits per heavy atom. The van der Waals surface area contributed by atoms with Crippen molar-refractivity contribution in [2.75, 3.05) is 0 Å². The van der Waals surface area contributed by atoms with E-state index in [0.29, 0.717) is 24.3 Å². The molecule has 0 aliphatic rings. The molecule has 1 amide bonds. The molecular weight excluding hydrogens is 426 g/mol. The number of benzene rings is 4. The first-order valence-electron chi connectivity index (χ1n) is 11.3. The molecule has 0 saturated carbocycles. The van der Waals surface area contributed by atoms with Crippen LogP contribution in [0.25, 0.3) is 10.8 Å². The number of fused-ring (bicyclic) bond motifs is 1. The van der Waals surface area contributed by atoms with Gasteiger partial charge in [0.15, 0.2) is 0 Å². The maximum absolute atomic E-state index is 13.1. The second-order valence-corrected chi connectivity index (χ2v) is 8.30. The molecule has 1 unspecified atom stereocenters. The number of carboxylic acids is 1. The molecule has 0 spiro atoms. The first-order chi connectivity index (χ1) is 16.5. The zero-order chi connectivity index (χ0) is 23.9. The van der Waals surface area contributed by atoms with Crippen molar-refractivity contribution in [2.24, 2.45) is 0 Å². The SMILES string of the molecule is CC(NC(=O)c1ccccc1OCc1ccc(CCC(=O)O)cc1)c1ccc2ccccc2c1. The summed E-state index contributed by atoms with van der Waals surface area (Å²) in [6.07, 6.45) is 0.602. The van der Waals surface area contributed by atoms with E-state index in [0.717, 1.165) is 22.1 Å². The summed E-state index contributed by atoms with van der Waals surface area (Å²) in [5.41, 5.74) is 3.43. The highest BCUT2D eigenvalue weighted by Gasteiger charge is 2.16. The minimum absolute atomic E-state index is 0.107. The summed E-state index contributed by atoms with van der Waals surface area (Å²) in [5.74, 6) is -0.488. The van der Waals surface area contributed by atoms with Gasteiger partial charge in [0.25, 0.3) is 5.91 Å². The number of ether oxygens (including phenoxy) is 1. The molecule has 0 aromatic heterocycles. The van der Waals surface area contributed by atoms with E-state index in [2.05, 4.69) is 29.6 Å². The molecule has 2 N–H and O–H groups in total. The van der Waals surface area contributed by atoms with Gasteiger partial charge in [-0.25, -0.2) is 0 Å². The fraction of sp³-hybridized carbons (Fsp3) is 0.172. The second kappa shape index (κ2) is 10.7. The molecule has 5 heteroatoms. The van der Waals surface area contributed by atoms with Crippen LogP contribution < -0.4 is 10.1 Å². The zero-order valence-corrected chi connectivity index (χ0v) is 19.0. The number of para-hydroxylation sites is 1. The molecule has 1 atom stereocenters. The molecular formula is C29H27NO4. The average molecular weight is 454 g/mol. The molecule has 4 rings (SSSR count). The van der Waals surface area contributed by atoms with Crippen LogP contribution in [-0.2, 0) is 17.8 Å². The molecule has 0 bridgehead atoms. The van der Waals surface area contributed by atoms with Crippen molar-refractivity contribution in [1.82, 2.24) is 5.32 Å². The quantitative estimate of drug-likeness (QED) is 0.329. The Hall–Kier alpha value is -4.12. The van der Waals surface area contributed by atoms with Crippen LogP contribution in [0.4, 0.5) is 0 Å². The highest BCUT2D eigenvalue weighted by molar-refractivity contribution is 5.97. The Kier molecular flexibility index (Phi) is 7.23. The zero-order valence-electron chi connectivity index (χ0n) is 19.0. The summed E-state index contributed by atoms with van der Waals surface area (Å²) < 4.78 is 5.97. The minimum Gasteiger partial charge on any atom is -0.488 e. The third-order valence-electron chi connectivity index (χ3n) is 5.80. The van der Waals surface area contributed by atoms with Gasteiger partial charge in [0.1, 0.15) is 12.4 Å². The summed E-state index contributed by atoms with van der Waals surface area (Å²) >= 11 is 0. The molecule has 0 heterocycles. The van der Waals surface area contributed by atoms with Gasteiger partial charge in [0.2, 0.25) is 0 Å². The molecule has 0 saturated heterocycles. The van der Waals surface area contributed by atoms with Crippen molar-refractivity contribution in [3.05, 3.63) is 113 Å².